The zero-order valence-electron chi connectivity index (χ0n) is 12.8. The number of aryl methyl sites for hydroxylation is 1. The zero-order chi connectivity index (χ0) is 14.7. The minimum Gasteiger partial charge on any atom is -0.491 e. The Bertz CT molecular complexity index is 468. The number of aliphatic hydroxyl groups excluding tert-OH is 1. The van der Waals surface area contributed by atoms with Crippen molar-refractivity contribution in [1.82, 2.24) is 0 Å². The van der Waals surface area contributed by atoms with Crippen LogP contribution in [0, 0.1) is 5.92 Å². The molecular weight excluding hydrogens is 262 g/mol. The fourth-order valence-corrected chi connectivity index (χ4v) is 3.79. The van der Waals surface area contributed by atoms with Crippen LogP contribution in [0.1, 0.15) is 62.1 Å². The average molecular weight is 289 g/mol. The quantitative estimate of drug-likeness (QED) is 0.874. The fourth-order valence-electron chi connectivity index (χ4n) is 3.79. The van der Waals surface area contributed by atoms with Gasteiger partial charge in [-0.25, -0.2) is 0 Å². The highest BCUT2D eigenvalue weighted by Crippen LogP contribution is 2.31. The van der Waals surface area contributed by atoms with Crippen molar-refractivity contribution < 1.29 is 9.84 Å². The molecule has 0 heterocycles. The van der Waals surface area contributed by atoms with Crippen molar-refractivity contribution in [2.45, 2.75) is 63.5 Å². The van der Waals surface area contributed by atoms with Gasteiger partial charge in [0.1, 0.15) is 12.4 Å². The van der Waals surface area contributed by atoms with Gasteiger partial charge in [0, 0.05) is 6.04 Å². The summed E-state index contributed by atoms with van der Waals surface area (Å²) in [7, 11) is 0. The fraction of sp³-hybridized carbons (Fsp3) is 0.667. The third-order valence-electron chi connectivity index (χ3n) is 5.00. The van der Waals surface area contributed by atoms with Crippen molar-refractivity contribution in [3.8, 4) is 5.75 Å². The number of benzene rings is 1. The SMILES string of the molecule is N[C@H]1CCCc2ccc(OCC(O)CC3CCCC3)cc21. The van der Waals surface area contributed by atoms with Crippen LogP contribution >= 0.6 is 0 Å². The van der Waals surface area contributed by atoms with E-state index in [1.54, 1.807) is 0 Å². The van der Waals surface area contributed by atoms with E-state index in [0.29, 0.717) is 12.5 Å². The molecule has 21 heavy (non-hydrogen) atoms. The lowest BCUT2D eigenvalue weighted by molar-refractivity contribution is 0.0855. The third-order valence-corrected chi connectivity index (χ3v) is 5.00. The lowest BCUT2D eigenvalue weighted by Crippen LogP contribution is -2.21. The van der Waals surface area contributed by atoms with Crippen LogP contribution in [0.25, 0.3) is 0 Å². The molecule has 3 N–H and O–H groups in total. The monoisotopic (exact) mass is 289 g/mol. The molecule has 1 unspecified atom stereocenters. The van der Waals surface area contributed by atoms with E-state index >= 15 is 0 Å². The zero-order valence-corrected chi connectivity index (χ0v) is 12.8. The molecule has 2 atom stereocenters. The molecule has 1 saturated carbocycles. The Hall–Kier alpha value is -1.06. The van der Waals surface area contributed by atoms with Gasteiger partial charge in [-0.15, -0.1) is 0 Å². The number of ether oxygens (including phenoxy) is 1. The van der Waals surface area contributed by atoms with Gasteiger partial charge in [-0.05, 0) is 54.9 Å². The first-order valence-electron chi connectivity index (χ1n) is 8.41. The normalized spacial score (nSPS) is 23.8. The van der Waals surface area contributed by atoms with Gasteiger partial charge in [-0.2, -0.15) is 0 Å². The maximum atomic E-state index is 10.1. The third kappa shape index (κ3) is 3.78. The maximum absolute atomic E-state index is 10.1. The van der Waals surface area contributed by atoms with E-state index in [0.717, 1.165) is 25.0 Å². The number of rotatable bonds is 5. The van der Waals surface area contributed by atoms with Crippen LogP contribution in [0.5, 0.6) is 5.75 Å². The van der Waals surface area contributed by atoms with Gasteiger partial charge in [0.25, 0.3) is 0 Å². The molecule has 0 radical (unpaired) electrons. The second kappa shape index (κ2) is 6.80. The Balaban J connectivity index is 1.54. The first-order chi connectivity index (χ1) is 10.2. The summed E-state index contributed by atoms with van der Waals surface area (Å²) in [4.78, 5) is 0. The van der Waals surface area contributed by atoms with E-state index in [1.807, 2.05) is 6.07 Å². The van der Waals surface area contributed by atoms with E-state index in [4.69, 9.17) is 10.5 Å². The molecule has 116 valence electrons. The molecule has 2 aliphatic carbocycles. The molecule has 0 spiro atoms. The highest BCUT2D eigenvalue weighted by atomic mass is 16.5. The Morgan fingerprint density at radius 1 is 1.19 bits per heavy atom. The summed E-state index contributed by atoms with van der Waals surface area (Å²) < 4.78 is 5.79. The molecular formula is C18H27NO2. The minimum atomic E-state index is -0.349. The molecule has 0 saturated heterocycles. The molecule has 3 rings (SSSR count). The van der Waals surface area contributed by atoms with Crippen LogP contribution in [0.4, 0.5) is 0 Å². The molecule has 0 amide bonds. The van der Waals surface area contributed by atoms with Crippen LogP contribution in [-0.4, -0.2) is 17.8 Å². The number of fused-ring (bicyclic) bond motifs is 1. The Morgan fingerprint density at radius 2 is 2.00 bits per heavy atom. The van der Waals surface area contributed by atoms with Crippen LogP contribution in [0.15, 0.2) is 18.2 Å². The van der Waals surface area contributed by atoms with Crippen LogP contribution < -0.4 is 10.5 Å². The lowest BCUT2D eigenvalue weighted by atomic mass is 9.88. The Kier molecular flexibility index (Phi) is 4.81. The number of nitrogens with two attached hydrogens (primary N) is 1. The van der Waals surface area contributed by atoms with E-state index in [1.165, 1.54) is 43.2 Å². The lowest BCUT2D eigenvalue weighted by Gasteiger charge is -2.23. The molecule has 2 aliphatic rings. The smallest absolute Gasteiger partial charge is 0.119 e. The molecule has 0 aromatic heterocycles. The van der Waals surface area contributed by atoms with Crippen molar-refractivity contribution >= 4 is 0 Å². The minimum absolute atomic E-state index is 0.140. The molecule has 1 fully saturated rings. The Labute approximate surface area is 127 Å². The van der Waals surface area contributed by atoms with Crippen LogP contribution in [0.3, 0.4) is 0 Å². The van der Waals surface area contributed by atoms with Crippen molar-refractivity contribution in [3.63, 3.8) is 0 Å². The van der Waals surface area contributed by atoms with E-state index in [9.17, 15) is 5.11 Å². The summed E-state index contributed by atoms with van der Waals surface area (Å²) in [6, 6.07) is 6.36. The summed E-state index contributed by atoms with van der Waals surface area (Å²) in [6.07, 6.45) is 9.06. The highest BCUT2D eigenvalue weighted by molar-refractivity contribution is 5.39. The molecule has 1 aromatic rings. The molecule has 1 aromatic carbocycles. The van der Waals surface area contributed by atoms with E-state index in [-0.39, 0.29) is 12.1 Å². The van der Waals surface area contributed by atoms with Gasteiger partial charge < -0.3 is 15.6 Å². The van der Waals surface area contributed by atoms with Gasteiger partial charge in [-0.3, -0.25) is 0 Å². The molecule has 3 heteroatoms. The second-order valence-electron chi connectivity index (χ2n) is 6.71. The van der Waals surface area contributed by atoms with E-state index in [2.05, 4.69) is 12.1 Å². The topological polar surface area (TPSA) is 55.5 Å². The van der Waals surface area contributed by atoms with Gasteiger partial charge in [0.15, 0.2) is 0 Å². The van der Waals surface area contributed by atoms with Crippen molar-refractivity contribution in [2.24, 2.45) is 11.7 Å². The summed E-state index contributed by atoms with van der Waals surface area (Å²) in [5.41, 5.74) is 8.76. The van der Waals surface area contributed by atoms with Crippen molar-refractivity contribution in [2.75, 3.05) is 6.61 Å². The predicted octanol–water partition coefficient (Wildman–Crippen LogP) is 3.34. The first kappa shape index (κ1) is 14.9. The predicted molar refractivity (Wildman–Crippen MR) is 84.4 cm³/mol. The average Bonchev–Trinajstić information content (AvgIpc) is 2.98. The summed E-state index contributed by atoms with van der Waals surface area (Å²) in [5.74, 6) is 1.54. The Morgan fingerprint density at radius 3 is 2.81 bits per heavy atom. The second-order valence-corrected chi connectivity index (χ2v) is 6.71. The van der Waals surface area contributed by atoms with Gasteiger partial charge in [-0.1, -0.05) is 31.7 Å². The largest absolute Gasteiger partial charge is 0.491 e. The summed E-state index contributed by atoms with van der Waals surface area (Å²) >= 11 is 0. The van der Waals surface area contributed by atoms with Crippen molar-refractivity contribution in [3.05, 3.63) is 29.3 Å². The van der Waals surface area contributed by atoms with E-state index < -0.39 is 0 Å². The first-order valence-corrected chi connectivity index (χ1v) is 8.41. The number of hydrogen-bond donors (Lipinski definition) is 2. The van der Waals surface area contributed by atoms with Gasteiger partial charge in [0.05, 0.1) is 6.10 Å². The molecule has 0 bridgehead atoms. The van der Waals surface area contributed by atoms with Crippen LogP contribution in [-0.2, 0) is 6.42 Å². The summed E-state index contributed by atoms with van der Waals surface area (Å²) in [5, 5.41) is 10.1. The van der Waals surface area contributed by atoms with Crippen molar-refractivity contribution in [1.29, 1.82) is 0 Å². The standard InChI is InChI=1S/C18H27NO2/c19-18-7-3-6-14-8-9-16(11-17(14)18)21-12-15(20)10-13-4-1-2-5-13/h8-9,11,13,15,18,20H,1-7,10,12,19H2/t15?,18-/m0/s1. The van der Waals surface area contributed by atoms with Gasteiger partial charge in [0.2, 0.25) is 0 Å². The number of hydrogen-bond acceptors (Lipinski definition) is 3. The maximum Gasteiger partial charge on any atom is 0.119 e. The highest BCUT2D eigenvalue weighted by Gasteiger charge is 2.20. The van der Waals surface area contributed by atoms with Crippen LogP contribution in [0.2, 0.25) is 0 Å². The molecule has 3 nitrogen and oxygen atoms in total. The number of aliphatic hydroxyl groups is 1. The van der Waals surface area contributed by atoms with Gasteiger partial charge >= 0.3 is 0 Å². The summed E-state index contributed by atoms with van der Waals surface area (Å²) in [6.45, 7) is 0.393. The molecule has 0 aliphatic heterocycles.